The van der Waals surface area contributed by atoms with Crippen molar-refractivity contribution >= 4 is 64.6 Å². The minimum atomic E-state index is -1.18. The second kappa shape index (κ2) is 10.5. The first-order chi connectivity index (χ1) is 19.1. The second-order valence-corrected chi connectivity index (χ2v) is 18.3. The molecule has 1 saturated heterocycles. The molecule has 9 nitrogen and oxygen atoms in total. The first kappa shape index (κ1) is 27.4. The van der Waals surface area contributed by atoms with Crippen LogP contribution in [0.1, 0.15) is 18.3 Å². The van der Waals surface area contributed by atoms with Crippen LogP contribution in [0, 0.1) is 9.39 Å². The topological polar surface area (TPSA) is 82.5 Å². The Kier molecular flexibility index (Phi) is 7.21. The molecule has 0 radical (unpaired) electrons. The summed E-state index contributed by atoms with van der Waals surface area (Å²) in [5.41, 5.74) is 1.27. The standard InChI is InChI=1S/C27H28ClFIN7O2Si/c1-40(2,3)13-12-39-16-34-14-20(30)22-25(34)31-15-32-26(22)35-10-9-21(35)24-33-36-11-8-19(28)23(36)27(38)37(24)18-6-4-17(29)5-7-18/h4-8,11,14-15,21H,9-10,12-13,16H2,1-3H3/t21-/m0/s1. The molecule has 1 aliphatic heterocycles. The molecule has 0 N–H and O–H groups in total. The molecule has 208 valence electrons. The fourth-order valence-corrected chi connectivity index (χ4v) is 6.73. The molecule has 1 aromatic carbocycles. The van der Waals surface area contributed by atoms with Gasteiger partial charge in [0.05, 0.1) is 22.1 Å². The van der Waals surface area contributed by atoms with Gasteiger partial charge in [0.15, 0.2) is 5.82 Å². The minimum Gasteiger partial charge on any atom is -0.361 e. The van der Waals surface area contributed by atoms with E-state index in [0.29, 0.717) is 23.3 Å². The van der Waals surface area contributed by atoms with Crippen LogP contribution in [0.3, 0.4) is 0 Å². The quantitative estimate of drug-likeness (QED) is 0.115. The summed E-state index contributed by atoms with van der Waals surface area (Å²) in [6, 6.07) is 8.32. The van der Waals surface area contributed by atoms with E-state index in [1.165, 1.54) is 21.2 Å². The highest BCUT2D eigenvalue weighted by atomic mass is 127. The van der Waals surface area contributed by atoms with Crippen molar-refractivity contribution < 1.29 is 9.13 Å². The second-order valence-electron chi connectivity index (χ2n) is 11.1. The maximum atomic E-state index is 13.8. The smallest absolute Gasteiger partial charge is 0.284 e. The molecule has 13 heteroatoms. The molecule has 5 aromatic rings. The van der Waals surface area contributed by atoms with E-state index in [1.54, 1.807) is 30.7 Å². The number of nitrogens with zero attached hydrogens (tertiary/aromatic N) is 7. The van der Waals surface area contributed by atoms with Gasteiger partial charge in [0.25, 0.3) is 5.56 Å². The molecule has 40 heavy (non-hydrogen) atoms. The van der Waals surface area contributed by atoms with Crippen molar-refractivity contribution in [2.75, 3.05) is 18.1 Å². The zero-order chi connectivity index (χ0) is 28.2. The molecule has 1 atom stereocenters. The molecular weight excluding hydrogens is 664 g/mol. The fraction of sp³-hybridized carbons (Fsp3) is 0.333. The number of fused-ring (bicyclic) bond motifs is 2. The van der Waals surface area contributed by atoms with Crippen LogP contribution in [-0.4, -0.2) is 49.9 Å². The van der Waals surface area contributed by atoms with E-state index >= 15 is 0 Å². The lowest BCUT2D eigenvalue weighted by Gasteiger charge is -2.42. The van der Waals surface area contributed by atoms with Crippen molar-refractivity contribution in [2.45, 2.75) is 44.9 Å². The van der Waals surface area contributed by atoms with Gasteiger partial charge in [0.2, 0.25) is 0 Å². The molecule has 6 rings (SSSR count). The molecule has 0 bridgehead atoms. The Labute approximate surface area is 249 Å². The van der Waals surface area contributed by atoms with Gasteiger partial charge in [0, 0.05) is 37.2 Å². The SMILES string of the molecule is C[Si](C)(C)CCOCn1cc(I)c2c(N3CC[C@H]3c3nn4ccc(Cl)c4c(=O)n3-c3ccc(F)cc3)ncnc21. The maximum absolute atomic E-state index is 13.8. The van der Waals surface area contributed by atoms with E-state index in [2.05, 4.69) is 57.1 Å². The van der Waals surface area contributed by atoms with Crippen molar-refractivity contribution in [1.29, 1.82) is 0 Å². The largest absolute Gasteiger partial charge is 0.361 e. The summed E-state index contributed by atoms with van der Waals surface area (Å²) < 4.78 is 25.9. The number of hydrogen-bond acceptors (Lipinski definition) is 6. The molecule has 0 unspecified atom stereocenters. The highest BCUT2D eigenvalue weighted by molar-refractivity contribution is 14.1. The van der Waals surface area contributed by atoms with Crippen LogP contribution in [0.25, 0.3) is 22.2 Å². The van der Waals surface area contributed by atoms with Gasteiger partial charge >= 0.3 is 0 Å². The van der Waals surface area contributed by atoms with E-state index in [9.17, 15) is 9.18 Å². The maximum Gasteiger partial charge on any atom is 0.284 e. The van der Waals surface area contributed by atoms with Crippen LogP contribution >= 0.6 is 34.2 Å². The zero-order valence-corrected chi connectivity index (χ0v) is 26.2. The van der Waals surface area contributed by atoms with Gasteiger partial charge in [0.1, 0.15) is 35.9 Å². The first-order valence-corrected chi connectivity index (χ1v) is 18.2. The van der Waals surface area contributed by atoms with Crippen LogP contribution in [-0.2, 0) is 11.5 Å². The molecule has 0 amide bonds. The highest BCUT2D eigenvalue weighted by Crippen LogP contribution is 2.40. The summed E-state index contributed by atoms with van der Waals surface area (Å²) in [7, 11) is -1.18. The Balaban J connectivity index is 1.40. The minimum absolute atomic E-state index is 0.242. The summed E-state index contributed by atoms with van der Waals surface area (Å²) in [6.07, 6.45) is 6.04. The molecular formula is C27H28ClFIN7O2Si. The third kappa shape index (κ3) is 4.95. The summed E-state index contributed by atoms with van der Waals surface area (Å²) in [5.74, 6) is 0.917. The van der Waals surface area contributed by atoms with Crippen LogP contribution in [0.5, 0.6) is 0 Å². The lowest BCUT2D eigenvalue weighted by molar-refractivity contribution is 0.0898. The van der Waals surface area contributed by atoms with E-state index in [-0.39, 0.29) is 22.9 Å². The number of ether oxygens (including phenoxy) is 1. The summed E-state index contributed by atoms with van der Waals surface area (Å²) in [4.78, 5) is 25.1. The van der Waals surface area contributed by atoms with Crippen molar-refractivity contribution in [2.24, 2.45) is 0 Å². The fourth-order valence-electron chi connectivity index (χ4n) is 4.93. The Bertz CT molecular complexity index is 1780. The van der Waals surface area contributed by atoms with Crippen LogP contribution in [0.4, 0.5) is 10.2 Å². The summed E-state index contributed by atoms with van der Waals surface area (Å²) in [5, 5.41) is 6.07. The van der Waals surface area contributed by atoms with Crippen molar-refractivity contribution in [3.63, 3.8) is 0 Å². The highest BCUT2D eigenvalue weighted by Gasteiger charge is 2.37. The number of halogens is 3. The number of hydrogen-bond donors (Lipinski definition) is 0. The molecule has 0 aliphatic carbocycles. The molecule has 0 saturated carbocycles. The van der Waals surface area contributed by atoms with Crippen molar-refractivity contribution in [1.82, 2.24) is 28.7 Å². The number of benzene rings is 1. The number of aromatic nitrogens is 6. The predicted molar refractivity (Wildman–Crippen MR) is 165 cm³/mol. The first-order valence-electron chi connectivity index (χ1n) is 13.0. The Morgan fingerprint density at radius 1 is 1.18 bits per heavy atom. The third-order valence-electron chi connectivity index (χ3n) is 7.15. The lowest BCUT2D eigenvalue weighted by atomic mass is 10.0. The monoisotopic (exact) mass is 691 g/mol. The van der Waals surface area contributed by atoms with Gasteiger partial charge in [-0.3, -0.25) is 9.36 Å². The van der Waals surface area contributed by atoms with Gasteiger partial charge in [-0.15, -0.1) is 0 Å². The van der Waals surface area contributed by atoms with Gasteiger partial charge in [-0.25, -0.2) is 18.9 Å². The number of rotatable bonds is 8. The Morgan fingerprint density at radius 3 is 2.65 bits per heavy atom. The third-order valence-corrected chi connectivity index (χ3v) is 9.98. The average Bonchev–Trinajstić information content (AvgIpc) is 3.41. The lowest BCUT2D eigenvalue weighted by Crippen LogP contribution is -2.45. The van der Waals surface area contributed by atoms with Gasteiger partial charge in [-0.1, -0.05) is 31.2 Å². The Hall–Kier alpha value is -2.81. The molecule has 5 heterocycles. The average molecular weight is 692 g/mol. The summed E-state index contributed by atoms with van der Waals surface area (Å²) in [6.45, 7) is 8.87. The van der Waals surface area contributed by atoms with Crippen LogP contribution < -0.4 is 10.5 Å². The van der Waals surface area contributed by atoms with Gasteiger partial charge in [-0.05, 0) is 65.4 Å². The van der Waals surface area contributed by atoms with E-state index < -0.39 is 8.07 Å². The predicted octanol–water partition coefficient (Wildman–Crippen LogP) is 5.89. The van der Waals surface area contributed by atoms with Crippen LogP contribution in [0.2, 0.25) is 30.7 Å². The van der Waals surface area contributed by atoms with Gasteiger partial charge in [-0.2, -0.15) is 5.10 Å². The molecule has 4 aromatic heterocycles. The van der Waals surface area contributed by atoms with Crippen LogP contribution in [0.15, 0.2) is 53.8 Å². The van der Waals surface area contributed by atoms with E-state index in [4.69, 9.17) is 21.4 Å². The number of anilines is 1. The molecule has 0 spiro atoms. The van der Waals surface area contributed by atoms with E-state index in [1.807, 2.05) is 10.8 Å². The summed E-state index contributed by atoms with van der Waals surface area (Å²) >= 11 is 8.66. The molecule has 1 aliphatic rings. The van der Waals surface area contributed by atoms with Gasteiger partial charge < -0.3 is 14.2 Å². The normalized spacial score (nSPS) is 15.8. The Morgan fingerprint density at radius 2 is 1.95 bits per heavy atom. The van der Waals surface area contributed by atoms with Crippen molar-refractivity contribution in [3.05, 3.63) is 79.6 Å². The van der Waals surface area contributed by atoms with Crippen molar-refractivity contribution in [3.8, 4) is 5.69 Å². The zero-order valence-electron chi connectivity index (χ0n) is 22.3. The molecule has 1 fully saturated rings. The van der Waals surface area contributed by atoms with E-state index in [0.717, 1.165) is 46.0 Å².